The lowest BCUT2D eigenvalue weighted by Crippen LogP contribution is -2.50. The quantitative estimate of drug-likeness (QED) is 0.364. The Morgan fingerprint density at radius 1 is 1.03 bits per heavy atom. The lowest BCUT2D eigenvalue weighted by molar-refractivity contribution is -0.702. The average Bonchev–Trinajstić information content (AvgIpc) is 3.52. The Labute approximate surface area is 210 Å². The first-order chi connectivity index (χ1) is 15.9. The number of hydrogen-bond donors (Lipinski definition) is 1. The monoisotopic (exact) mass is 523 g/mol. The molecule has 0 unspecified atom stereocenters. The third-order valence-electron chi connectivity index (χ3n) is 5.96. The van der Waals surface area contributed by atoms with E-state index in [-0.39, 0.29) is 24.8 Å². The number of thiazole rings is 2. The fraction of sp³-hybridized carbons (Fsp3) is 0.478. The van der Waals surface area contributed by atoms with E-state index < -0.39 is 0 Å². The maximum absolute atomic E-state index is 13.1. The van der Waals surface area contributed by atoms with Gasteiger partial charge in [-0.25, -0.2) is 0 Å². The Bertz CT molecular complexity index is 1140. The number of thioether (sulfide) groups is 1. The van der Waals surface area contributed by atoms with Gasteiger partial charge in [0.05, 0.1) is 14.6 Å². The van der Waals surface area contributed by atoms with Gasteiger partial charge in [-0.2, -0.15) is 20.9 Å². The molecule has 4 rings (SSSR count). The zero-order chi connectivity index (χ0) is 23.5. The van der Waals surface area contributed by atoms with Crippen LogP contribution in [0.25, 0.3) is 10.0 Å². The Morgan fingerprint density at radius 3 is 2.39 bits per heavy atom. The number of rotatable bonds is 8. The summed E-state index contributed by atoms with van der Waals surface area (Å²) in [5.41, 5.74) is 2.09. The van der Waals surface area contributed by atoms with Crippen LogP contribution in [-0.4, -0.2) is 52.9 Å². The molecule has 1 aliphatic heterocycles. The van der Waals surface area contributed by atoms with Crippen molar-refractivity contribution in [3.8, 4) is 10.0 Å². The van der Waals surface area contributed by atoms with Crippen LogP contribution in [0.3, 0.4) is 0 Å². The van der Waals surface area contributed by atoms with Crippen LogP contribution in [0.2, 0.25) is 0 Å². The van der Waals surface area contributed by atoms with Crippen LogP contribution in [-0.2, 0) is 24.3 Å². The maximum Gasteiger partial charge on any atom is 0.346 e. The van der Waals surface area contributed by atoms with Gasteiger partial charge in [-0.3, -0.25) is 9.59 Å². The first-order valence-electron chi connectivity index (χ1n) is 11.0. The summed E-state index contributed by atoms with van der Waals surface area (Å²) < 4.78 is 4.19. The molecule has 1 saturated heterocycles. The first kappa shape index (κ1) is 24.5. The number of nitrogens with zero attached hydrogens (tertiary/aromatic N) is 3. The van der Waals surface area contributed by atoms with E-state index in [2.05, 4.69) is 23.0 Å². The molecule has 0 aliphatic carbocycles. The van der Waals surface area contributed by atoms with Gasteiger partial charge in [0.25, 0.3) is 5.91 Å². The molecule has 1 N–H and O–H groups in total. The second kappa shape index (κ2) is 10.8. The molecule has 0 aromatic carbocycles. The molecule has 176 valence electrons. The summed E-state index contributed by atoms with van der Waals surface area (Å²) >= 11 is 6.63. The van der Waals surface area contributed by atoms with Crippen molar-refractivity contribution in [2.24, 2.45) is 0 Å². The highest BCUT2D eigenvalue weighted by molar-refractivity contribution is 7.99. The molecule has 33 heavy (non-hydrogen) atoms. The van der Waals surface area contributed by atoms with Crippen molar-refractivity contribution in [3.63, 3.8) is 0 Å². The number of thiophene rings is 1. The standard InChI is InChI=1S/C23H29N3O3S4/c1-15-17(3)32-22(26(15)14-21(29)24-7-11-30-12-8-24)23-25(16(2)19(33-23)6-9-27)13-18(28)20-5-4-10-31-20/h4-5,10,27H,6-9,11-14H2,1-3H3/q+2. The van der Waals surface area contributed by atoms with E-state index in [1.807, 2.05) is 41.1 Å². The number of ketones is 1. The van der Waals surface area contributed by atoms with Gasteiger partial charge in [-0.15, -0.1) is 11.3 Å². The zero-order valence-electron chi connectivity index (χ0n) is 19.1. The number of aromatic nitrogens is 2. The van der Waals surface area contributed by atoms with E-state index in [4.69, 9.17) is 0 Å². The molecule has 3 aromatic heterocycles. The van der Waals surface area contributed by atoms with E-state index in [9.17, 15) is 14.7 Å². The molecule has 0 spiro atoms. The summed E-state index contributed by atoms with van der Waals surface area (Å²) in [6.45, 7) is 8.38. The summed E-state index contributed by atoms with van der Waals surface area (Å²) in [4.78, 5) is 31.1. The van der Waals surface area contributed by atoms with Crippen LogP contribution < -0.4 is 9.13 Å². The summed E-state index contributed by atoms with van der Waals surface area (Å²) in [5, 5.41) is 13.5. The Balaban J connectivity index is 1.73. The topological polar surface area (TPSA) is 65.4 Å². The molecular formula is C23H29N3O3S4+2. The van der Waals surface area contributed by atoms with Gasteiger partial charge >= 0.3 is 10.0 Å². The van der Waals surface area contributed by atoms with Gasteiger partial charge in [0.2, 0.25) is 18.9 Å². The van der Waals surface area contributed by atoms with Crippen molar-refractivity contribution >= 4 is 57.5 Å². The Morgan fingerprint density at radius 2 is 1.73 bits per heavy atom. The average molecular weight is 524 g/mol. The van der Waals surface area contributed by atoms with Crippen LogP contribution in [0, 0.1) is 20.8 Å². The fourth-order valence-electron chi connectivity index (χ4n) is 3.90. The van der Waals surface area contributed by atoms with Gasteiger partial charge in [0.15, 0.2) is 11.4 Å². The van der Waals surface area contributed by atoms with Crippen LogP contribution in [0.5, 0.6) is 0 Å². The van der Waals surface area contributed by atoms with Gasteiger partial charge < -0.3 is 10.0 Å². The smallest absolute Gasteiger partial charge is 0.346 e. The Kier molecular flexibility index (Phi) is 8.01. The number of hydrogen-bond acceptors (Lipinski definition) is 7. The maximum atomic E-state index is 13.1. The van der Waals surface area contributed by atoms with E-state index in [0.29, 0.717) is 13.0 Å². The number of aliphatic hydroxyl groups excluding tert-OH is 1. The summed E-state index contributed by atoms with van der Waals surface area (Å²) in [6.07, 6.45) is 0.553. The first-order valence-corrected chi connectivity index (χ1v) is 14.6. The Hall–Kier alpha value is -1.59. The number of carbonyl (C=O) groups is 2. The summed E-state index contributed by atoms with van der Waals surface area (Å²) in [7, 11) is 0. The van der Waals surface area contributed by atoms with Crippen LogP contribution in [0.15, 0.2) is 17.5 Å². The molecule has 1 amide bonds. The highest BCUT2D eigenvalue weighted by Gasteiger charge is 2.37. The second-order valence-corrected chi connectivity index (χ2v) is 12.5. The van der Waals surface area contributed by atoms with Crippen molar-refractivity contribution in [3.05, 3.63) is 43.5 Å². The lowest BCUT2D eigenvalue weighted by atomic mass is 10.2. The van der Waals surface area contributed by atoms with Gasteiger partial charge in [-0.1, -0.05) is 28.7 Å². The molecule has 10 heteroatoms. The normalized spacial score (nSPS) is 14.1. The van der Waals surface area contributed by atoms with E-state index in [1.54, 1.807) is 22.7 Å². The molecule has 3 aromatic rings. The SMILES string of the molecule is Cc1sc(-c2sc(CCO)c(C)[n+]2CC(=O)c2cccs2)[n+](CC(=O)N2CCSCC2)c1C. The number of amides is 1. The lowest BCUT2D eigenvalue weighted by Gasteiger charge is -2.25. The van der Waals surface area contributed by atoms with Crippen LogP contribution in [0.4, 0.5) is 0 Å². The third-order valence-corrected chi connectivity index (χ3v) is 10.5. The molecule has 1 aliphatic rings. The fourth-order valence-corrected chi connectivity index (χ4v) is 7.96. The summed E-state index contributed by atoms with van der Waals surface area (Å²) in [5.74, 6) is 2.20. The minimum absolute atomic E-state index is 0.0631. The van der Waals surface area contributed by atoms with Crippen molar-refractivity contribution in [1.82, 2.24) is 4.90 Å². The minimum atomic E-state index is 0.0631. The van der Waals surface area contributed by atoms with Crippen LogP contribution >= 0.6 is 45.8 Å². The predicted molar refractivity (Wildman–Crippen MR) is 136 cm³/mol. The van der Waals surface area contributed by atoms with E-state index >= 15 is 0 Å². The third kappa shape index (κ3) is 5.24. The number of carbonyl (C=O) groups excluding carboxylic acids is 2. The van der Waals surface area contributed by atoms with Crippen molar-refractivity contribution in [2.75, 3.05) is 31.2 Å². The molecule has 0 saturated carbocycles. The van der Waals surface area contributed by atoms with Crippen molar-refractivity contribution in [1.29, 1.82) is 0 Å². The molecular weight excluding hydrogens is 495 g/mol. The number of aliphatic hydroxyl groups is 1. The molecule has 0 bridgehead atoms. The highest BCUT2D eigenvalue weighted by Crippen LogP contribution is 2.31. The predicted octanol–water partition coefficient (Wildman–Crippen LogP) is 3.03. The van der Waals surface area contributed by atoms with Gasteiger partial charge in [0.1, 0.15) is 0 Å². The van der Waals surface area contributed by atoms with Gasteiger partial charge in [-0.05, 0) is 18.4 Å². The van der Waals surface area contributed by atoms with Crippen molar-refractivity contribution < 1.29 is 23.8 Å². The number of Topliss-reactive ketones (excluding diaryl/α,β-unsaturated/α-hetero) is 1. The molecule has 0 radical (unpaired) electrons. The second-order valence-electron chi connectivity index (χ2n) is 8.00. The zero-order valence-corrected chi connectivity index (χ0v) is 22.4. The van der Waals surface area contributed by atoms with E-state index in [0.717, 1.165) is 60.6 Å². The van der Waals surface area contributed by atoms with Crippen molar-refractivity contribution in [2.45, 2.75) is 40.3 Å². The van der Waals surface area contributed by atoms with Crippen LogP contribution in [0.1, 0.15) is 30.8 Å². The minimum Gasteiger partial charge on any atom is -0.396 e. The molecule has 4 heterocycles. The number of aryl methyl sites for hydroxylation is 1. The van der Waals surface area contributed by atoms with Gasteiger partial charge in [0, 0.05) is 51.5 Å². The largest absolute Gasteiger partial charge is 0.396 e. The highest BCUT2D eigenvalue weighted by atomic mass is 32.2. The summed E-state index contributed by atoms with van der Waals surface area (Å²) in [6, 6.07) is 3.75. The molecule has 1 fully saturated rings. The molecule has 6 nitrogen and oxygen atoms in total. The van der Waals surface area contributed by atoms with E-state index in [1.165, 1.54) is 11.3 Å². The molecule has 0 atom stereocenters.